The second kappa shape index (κ2) is 12.9. The van der Waals surface area contributed by atoms with Crippen molar-refractivity contribution in [2.75, 3.05) is 53.6 Å². The van der Waals surface area contributed by atoms with E-state index in [0.717, 1.165) is 38.4 Å². The van der Waals surface area contributed by atoms with E-state index in [2.05, 4.69) is 55.3 Å². The van der Waals surface area contributed by atoms with Crippen LogP contribution in [0.15, 0.2) is 55.3 Å². The fraction of sp³-hybridized carbons (Fsp3) is 0.310. The van der Waals surface area contributed by atoms with Gasteiger partial charge in [0.2, 0.25) is 11.9 Å². The zero-order valence-electron chi connectivity index (χ0n) is 22.9. The van der Waals surface area contributed by atoms with E-state index in [0.29, 0.717) is 17.1 Å². The number of nitriles is 1. The largest absolute Gasteiger partial charge is 0.489 e. The number of carbonyl (C=O) groups excluding carboxylic acids is 1. The standard InChI is InChI=1S/C29H33FN8O2/c1-5-27(39)33-25-16-22(38-13-11-37(6-2)12-14-38)8-10-23(25)35-29-32-18-20(17-31)28(36-29)34-24-9-7-21(30)15-26(24)40-19(3)4/h5,7-10,15-16,18-19H,1,6,11-14H2,2-4H3,(H,33,39)(H2,32,34,35,36). The molecule has 1 aliphatic heterocycles. The van der Waals surface area contributed by atoms with Crippen molar-refractivity contribution in [3.63, 3.8) is 0 Å². The summed E-state index contributed by atoms with van der Waals surface area (Å²) in [6.07, 6.45) is 2.40. The number of hydrogen-bond acceptors (Lipinski definition) is 9. The maximum Gasteiger partial charge on any atom is 0.247 e. The van der Waals surface area contributed by atoms with Crippen LogP contribution in [0.25, 0.3) is 0 Å². The summed E-state index contributed by atoms with van der Waals surface area (Å²) in [5.41, 5.74) is 2.72. The van der Waals surface area contributed by atoms with Gasteiger partial charge in [-0.05, 0) is 56.8 Å². The van der Waals surface area contributed by atoms with Crippen LogP contribution >= 0.6 is 0 Å². The summed E-state index contributed by atoms with van der Waals surface area (Å²) in [7, 11) is 0. The predicted octanol–water partition coefficient (Wildman–Crippen LogP) is 5.03. The summed E-state index contributed by atoms with van der Waals surface area (Å²) in [6, 6.07) is 11.9. The number of likely N-dealkylation sites (N-methyl/N-ethyl adjacent to an activating group) is 1. The van der Waals surface area contributed by atoms with Crippen LogP contribution < -0.4 is 25.6 Å². The molecular formula is C29H33FN8O2. The van der Waals surface area contributed by atoms with Gasteiger partial charge in [-0.1, -0.05) is 13.5 Å². The van der Waals surface area contributed by atoms with E-state index in [1.54, 1.807) is 0 Å². The quantitative estimate of drug-likeness (QED) is 0.302. The van der Waals surface area contributed by atoms with Gasteiger partial charge in [0.1, 0.15) is 23.2 Å². The molecule has 2 heterocycles. The molecule has 2 aromatic carbocycles. The van der Waals surface area contributed by atoms with Crippen LogP contribution in [0, 0.1) is 17.1 Å². The van der Waals surface area contributed by atoms with Gasteiger partial charge in [0.05, 0.1) is 29.4 Å². The van der Waals surface area contributed by atoms with Crippen molar-refractivity contribution in [1.82, 2.24) is 14.9 Å². The SMILES string of the molecule is C=CC(=O)Nc1cc(N2CCN(CC)CC2)ccc1Nc1ncc(C#N)c(Nc2ccc(F)cc2OC(C)C)n1. The molecule has 4 rings (SSSR count). The molecule has 0 bridgehead atoms. The van der Waals surface area contributed by atoms with Crippen LogP contribution in [0.2, 0.25) is 0 Å². The molecule has 0 atom stereocenters. The predicted molar refractivity (Wildman–Crippen MR) is 155 cm³/mol. The van der Waals surface area contributed by atoms with E-state index in [1.807, 2.05) is 32.0 Å². The second-order valence-corrected chi connectivity index (χ2v) is 9.47. The number of aromatic nitrogens is 2. The maximum absolute atomic E-state index is 13.9. The lowest BCUT2D eigenvalue weighted by molar-refractivity contribution is -0.111. The first-order valence-electron chi connectivity index (χ1n) is 13.1. The summed E-state index contributed by atoms with van der Waals surface area (Å²) in [4.78, 5) is 25.7. The number of anilines is 6. The molecule has 11 heteroatoms. The van der Waals surface area contributed by atoms with Crippen LogP contribution in [0.3, 0.4) is 0 Å². The van der Waals surface area contributed by atoms with E-state index in [1.165, 1.54) is 30.5 Å². The van der Waals surface area contributed by atoms with E-state index in [4.69, 9.17) is 4.74 Å². The van der Waals surface area contributed by atoms with E-state index >= 15 is 0 Å². The molecule has 0 unspecified atom stereocenters. The lowest BCUT2D eigenvalue weighted by Crippen LogP contribution is -2.46. The van der Waals surface area contributed by atoms with Crippen molar-refractivity contribution in [3.8, 4) is 11.8 Å². The Balaban J connectivity index is 1.62. The Morgan fingerprint density at radius 1 is 1.15 bits per heavy atom. The van der Waals surface area contributed by atoms with Gasteiger partial charge in [-0.25, -0.2) is 9.37 Å². The maximum atomic E-state index is 13.9. The first-order chi connectivity index (χ1) is 19.3. The van der Waals surface area contributed by atoms with Gasteiger partial charge in [0.15, 0.2) is 5.82 Å². The molecule has 3 N–H and O–H groups in total. The first-order valence-corrected chi connectivity index (χ1v) is 13.1. The van der Waals surface area contributed by atoms with E-state index in [9.17, 15) is 14.4 Å². The van der Waals surface area contributed by atoms with Gasteiger partial charge in [-0.3, -0.25) is 4.79 Å². The number of piperazine rings is 1. The summed E-state index contributed by atoms with van der Waals surface area (Å²) in [6.45, 7) is 14.1. The fourth-order valence-corrected chi connectivity index (χ4v) is 4.27. The Labute approximate surface area is 233 Å². The first kappa shape index (κ1) is 28.3. The van der Waals surface area contributed by atoms with Crippen molar-refractivity contribution in [3.05, 3.63) is 66.6 Å². The number of hydrogen-bond donors (Lipinski definition) is 3. The Morgan fingerprint density at radius 2 is 1.90 bits per heavy atom. The Morgan fingerprint density at radius 3 is 2.58 bits per heavy atom. The highest BCUT2D eigenvalue weighted by Gasteiger charge is 2.18. The zero-order valence-corrected chi connectivity index (χ0v) is 22.9. The zero-order chi connectivity index (χ0) is 28.6. The molecule has 1 amide bonds. The van der Waals surface area contributed by atoms with Crippen molar-refractivity contribution >= 4 is 40.4 Å². The minimum absolute atomic E-state index is 0.187. The summed E-state index contributed by atoms with van der Waals surface area (Å²) in [5.74, 6) is -0.114. The Kier molecular flexibility index (Phi) is 9.14. The molecule has 1 aromatic heterocycles. The van der Waals surface area contributed by atoms with Crippen LogP contribution in [0.1, 0.15) is 26.3 Å². The Hall–Kier alpha value is -4.69. The highest BCUT2D eigenvalue weighted by Crippen LogP contribution is 2.33. The minimum atomic E-state index is -0.448. The highest BCUT2D eigenvalue weighted by atomic mass is 19.1. The van der Waals surface area contributed by atoms with Gasteiger partial charge >= 0.3 is 0 Å². The third-order valence-electron chi connectivity index (χ3n) is 6.35. The van der Waals surface area contributed by atoms with Crippen LogP contribution in [-0.2, 0) is 4.79 Å². The van der Waals surface area contributed by atoms with Gasteiger partial charge in [-0.15, -0.1) is 0 Å². The lowest BCUT2D eigenvalue weighted by atomic mass is 10.2. The van der Waals surface area contributed by atoms with Gasteiger partial charge < -0.3 is 30.5 Å². The van der Waals surface area contributed by atoms with Crippen molar-refractivity contribution in [1.29, 1.82) is 5.26 Å². The van der Waals surface area contributed by atoms with Gasteiger partial charge in [0.25, 0.3) is 0 Å². The number of benzene rings is 2. The van der Waals surface area contributed by atoms with Gasteiger partial charge in [0, 0.05) is 37.9 Å². The van der Waals surface area contributed by atoms with E-state index in [-0.39, 0.29) is 35.1 Å². The molecule has 1 aliphatic rings. The van der Waals surface area contributed by atoms with E-state index < -0.39 is 5.82 Å². The van der Waals surface area contributed by atoms with Crippen LogP contribution in [-0.4, -0.2) is 59.6 Å². The van der Waals surface area contributed by atoms with Gasteiger partial charge in [-0.2, -0.15) is 10.2 Å². The number of ether oxygens (including phenoxy) is 1. The molecule has 208 valence electrons. The molecular weight excluding hydrogens is 511 g/mol. The molecule has 0 aliphatic carbocycles. The van der Waals surface area contributed by atoms with Crippen molar-refractivity contribution in [2.24, 2.45) is 0 Å². The molecule has 1 fully saturated rings. The monoisotopic (exact) mass is 544 g/mol. The van der Waals surface area contributed by atoms with Crippen molar-refractivity contribution in [2.45, 2.75) is 26.9 Å². The number of amides is 1. The molecule has 40 heavy (non-hydrogen) atoms. The topological polar surface area (TPSA) is 118 Å². The number of nitrogens with zero attached hydrogens (tertiary/aromatic N) is 5. The molecule has 10 nitrogen and oxygen atoms in total. The molecule has 0 spiro atoms. The molecule has 1 saturated heterocycles. The Bertz CT molecular complexity index is 1410. The average molecular weight is 545 g/mol. The third kappa shape index (κ3) is 7.03. The number of rotatable bonds is 10. The summed E-state index contributed by atoms with van der Waals surface area (Å²) < 4.78 is 19.6. The highest BCUT2D eigenvalue weighted by molar-refractivity contribution is 6.02. The van der Waals surface area contributed by atoms with Crippen LogP contribution in [0.4, 0.5) is 38.9 Å². The fourth-order valence-electron chi connectivity index (χ4n) is 4.27. The second-order valence-electron chi connectivity index (χ2n) is 9.47. The van der Waals surface area contributed by atoms with Crippen LogP contribution in [0.5, 0.6) is 5.75 Å². The summed E-state index contributed by atoms with van der Waals surface area (Å²) >= 11 is 0. The average Bonchev–Trinajstić information content (AvgIpc) is 2.95. The molecule has 0 saturated carbocycles. The number of nitrogens with one attached hydrogen (secondary N) is 3. The van der Waals surface area contributed by atoms with Crippen molar-refractivity contribution < 1.29 is 13.9 Å². The third-order valence-corrected chi connectivity index (χ3v) is 6.35. The number of halogens is 1. The number of carbonyl (C=O) groups is 1. The minimum Gasteiger partial charge on any atom is -0.489 e. The molecule has 0 radical (unpaired) electrons. The normalized spacial score (nSPS) is 13.4. The summed E-state index contributed by atoms with van der Waals surface area (Å²) in [5, 5.41) is 18.7. The lowest BCUT2D eigenvalue weighted by Gasteiger charge is -2.35. The smallest absolute Gasteiger partial charge is 0.247 e. The molecule has 3 aromatic rings.